The first-order valence-electron chi connectivity index (χ1n) is 2.02. The quantitative estimate of drug-likeness (QED) is 0.505. The second-order valence-electron chi connectivity index (χ2n) is 1.30. The van der Waals surface area contributed by atoms with E-state index in [0.29, 0.717) is 5.38 Å². The van der Waals surface area contributed by atoms with Crippen LogP contribution in [0.15, 0.2) is 0 Å². The van der Waals surface area contributed by atoms with Crippen molar-refractivity contribution in [2.45, 2.75) is 19.2 Å². The maximum Gasteiger partial charge on any atom is 0.503 e. The first-order valence-corrected chi connectivity index (χ1v) is 2.46. The first kappa shape index (κ1) is 10.5. The largest absolute Gasteiger partial charge is 0.503 e. The normalized spacial score (nSPS) is 7.50. The Balaban J connectivity index is 0. The van der Waals surface area contributed by atoms with Crippen molar-refractivity contribution in [2.75, 3.05) is 0 Å². The number of hydrogen-bond acceptors (Lipinski definition) is 1. The summed E-state index contributed by atoms with van der Waals surface area (Å²) in [5.74, 6) is 0. The Labute approximate surface area is 52.9 Å². The Morgan fingerprint density at radius 3 is 1.50 bits per heavy atom. The van der Waals surface area contributed by atoms with Crippen molar-refractivity contribution in [3.63, 3.8) is 0 Å². The molecule has 50 valence electrons. The molecule has 0 aromatic heterocycles. The number of hydrogen-bond donors (Lipinski definition) is 2. The van der Waals surface area contributed by atoms with E-state index in [1.165, 1.54) is 0 Å². The van der Waals surface area contributed by atoms with Crippen LogP contribution in [0, 0.1) is 0 Å². The topological polar surface area (TPSA) is 57.5 Å². The Morgan fingerprint density at radius 2 is 1.50 bits per heavy atom. The second kappa shape index (κ2) is 6.56. The molecule has 0 amide bonds. The van der Waals surface area contributed by atoms with Crippen LogP contribution >= 0.6 is 11.6 Å². The standard InChI is InChI=1S/C3H7Cl.CH2O3/c1-3(2)4;2-1(3)4/h3H,1-2H3;(H2,2,3,4). The molecule has 0 saturated carbocycles. The highest BCUT2D eigenvalue weighted by atomic mass is 35.5. The van der Waals surface area contributed by atoms with Crippen molar-refractivity contribution in [1.82, 2.24) is 0 Å². The van der Waals surface area contributed by atoms with E-state index in [1.54, 1.807) is 0 Å². The number of carbonyl (C=O) groups is 1. The Bertz CT molecular complexity index is 55.5. The molecule has 0 aromatic carbocycles. The van der Waals surface area contributed by atoms with E-state index in [0.717, 1.165) is 0 Å². The molecule has 2 N–H and O–H groups in total. The fourth-order valence-corrected chi connectivity index (χ4v) is 0. The van der Waals surface area contributed by atoms with Crippen molar-refractivity contribution < 1.29 is 15.0 Å². The Morgan fingerprint density at radius 1 is 1.50 bits per heavy atom. The first-order chi connectivity index (χ1) is 3.46. The van der Waals surface area contributed by atoms with Crippen LogP contribution in [0.5, 0.6) is 0 Å². The van der Waals surface area contributed by atoms with Crippen LogP contribution in [0.4, 0.5) is 4.79 Å². The van der Waals surface area contributed by atoms with Crippen molar-refractivity contribution in [3.8, 4) is 0 Å². The molecular formula is C4H9ClO3. The third-order valence-electron chi connectivity index (χ3n) is 0. The van der Waals surface area contributed by atoms with Crippen molar-refractivity contribution in [2.24, 2.45) is 0 Å². The predicted molar refractivity (Wildman–Crippen MR) is 31.6 cm³/mol. The summed E-state index contributed by atoms with van der Waals surface area (Å²) in [5.41, 5.74) is 0. The molecule has 0 aromatic rings. The zero-order chi connectivity index (χ0) is 7.15. The van der Waals surface area contributed by atoms with Gasteiger partial charge in [0.1, 0.15) is 0 Å². The highest BCUT2D eigenvalue weighted by Crippen LogP contribution is 1.84. The van der Waals surface area contributed by atoms with Gasteiger partial charge in [0.25, 0.3) is 0 Å². The lowest BCUT2D eigenvalue weighted by Crippen LogP contribution is -1.81. The van der Waals surface area contributed by atoms with Crippen LogP contribution in [0.3, 0.4) is 0 Å². The van der Waals surface area contributed by atoms with E-state index in [-0.39, 0.29) is 0 Å². The lowest BCUT2D eigenvalue weighted by Gasteiger charge is -1.76. The van der Waals surface area contributed by atoms with Gasteiger partial charge in [0.15, 0.2) is 0 Å². The molecule has 0 aliphatic heterocycles. The summed E-state index contributed by atoms with van der Waals surface area (Å²) >= 11 is 5.27. The van der Waals surface area contributed by atoms with E-state index in [9.17, 15) is 0 Å². The molecule has 0 atom stereocenters. The third-order valence-corrected chi connectivity index (χ3v) is 0. The Kier molecular flexibility index (Phi) is 8.63. The molecule has 0 aliphatic rings. The van der Waals surface area contributed by atoms with Crippen LogP contribution in [0.2, 0.25) is 0 Å². The fourth-order valence-electron chi connectivity index (χ4n) is 0. The van der Waals surface area contributed by atoms with Gasteiger partial charge in [-0.2, -0.15) is 0 Å². The molecule has 0 fully saturated rings. The molecule has 0 bridgehead atoms. The lowest BCUT2D eigenvalue weighted by molar-refractivity contribution is 0.137. The van der Waals surface area contributed by atoms with Gasteiger partial charge in [0.05, 0.1) is 0 Å². The molecule has 0 heterocycles. The monoisotopic (exact) mass is 140 g/mol. The average Bonchev–Trinajstić information content (AvgIpc) is 1.25. The lowest BCUT2D eigenvalue weighted by atomic mass is 10.6. The SMILES string of the molecule is CC(C)Cl.O=C(O)O. The summed E-state index contributed by atoms with van der Waals surface area (Å²) < 4.78 is 0. The fraction of sp³-hybridized carbons (Fsp3) is 0.750. The number of halogens is 1. The summed E-state index contributed by atoms with van der Waals surface area (Å²) in [6.07, 6.45) is -1.83. The van der Waals surface area contributed by atoms with E-state index in [2.05, 4.69) is 0 Å². The van der Waals surface area contributed by atoms with Gasteiger partial charge in [0, 0.05) is 5.38 Å². The van der Waals surface area contributed by atoms with E-state index >= 15 is 0 Å². The van der Waals surface area contributed by atoms with Gasteiger partial charge in [-0.25, -0.2) is 4.79 Å². The number of alkyl halides is 1. The van der Waals surface area contributed by atoms with Crippen LogP contribution in [-0.2, 0) is 0 Å². The summed E-state index contributed by atoms with van der Waals surface area (Å²) in [5, 5.41) is 14.2. The maximum absolute atomic E-state index is 8.56. The van der Waals surface area contributed by atoms with E-state index in [4.69, 9.17) is 26.6 Å². The maximum atomic E-state index is 8.56. The molecular weight excluding hydrogens is 131 g/mol. The Hall–Kier alpha value is -0.440. The zero-order valence-electron chi connectivity index (χ0n) is 4.76. The molecule has 0 spiro atoms. The molecule has 0 radical (unpaired) electrons. The minimum Gasteiger partial charge on any atom is -0.450 e. The summed E-state index contributed by atoms with van der Waals surface area (Å²) in [6.45, 7) is 3.86. The number of rotatable bonds is 0. The van der Waals surface area contributed by atoms with Gasteiger partial charge in [0.2, 0.25) is 0 Å². The van der Waals surface area contributed by atoms with Crippen LogP contribution in [0.25, 0.3) is 0 Å². The van der Waals surface area contributed by atoms with Crippen molar-refractivity contribution >= 4 is 17.8 Å². The third kappa shape index (κ3) is 597. The van der Waals surface area contributed by atoms with E-state index < -0.39 is 6.16 Å². The molecule has 0 saturated heterocycles. The molecule has 8 heavy (non-hydrogen) atoms. The average molecular weight is 141 g/mol. The van der Waals surface area contributed by atoms with Gasteiger partial charge in [-0.1, -0.05) is 0 Å². The molecule has 0 aliphatic carbocycles. The van der Waals surface area contributed by atoms with Crippen molar-refractivity contribution in [1.29, 1.82) is 0 Å². The van der Waals surface area contributed by atoms with Gasteiger partial charge in [-0.15, -0.1) is 11.6 Å². The highest BCUT2D eigenvalue weighted by molar-refractivity contribution is 6.20. The van der Waals surface area contributed by atoms with Crippen LogP contribution < -0.4 is 0 Å². The van der Waals surface area contributed by atoms with E-state index in [1.807, 2.05) is 13.8 Å². The number of carboxylic acid groups (broad SMARTS) is 2. The zero-order valence-corrected chi connectivity index (χ0v) is 5.51. The highest BCUT2D eigenvalue weighted by Gasteiger charge is 1.71. The van der Waals surface area contributed by atoms with Crippen molar-refractivity contribution in [3.05, 3.63) is 0 Å². The summed E-state index contributed by atoms with van der Waals surface area (Å²) in [6, 6.07) is 0. The summed E-state index contributed by atoms with van der Waals surface area (Å²) in [4.78, 5) is 8.56. The van der Waals surface area contributed by atoms with Crippen LogP contribution in [-0.4, -0.2) is 21.7 Å². The smallest absolute Gasteiger partial charge is 0.450 e. The summed E-state index contributed by atoms with van der Waals surface area (Å²) in [7, 11) is 0. The van der Waals surface area contributed by atoms with Crippen LogP contribution in [0.1, 0.15) is 13.8 Å². The van der Waals surface area contributed by atoms with Gasteiger partial charge >= 0.3 is 6.16 Å². The van der Waals surface area contributed by atoms with Gasteiger partial charge in [-0.3, -0.25) is 0 Å². The molecule has 0 rings (SSSR count). The molecule has 0 unspecified atom stereocenters. The molecule has 4 heteroatoms. The van der Waals surface area contributed by atoms with Gasteiger partial charge in [-0.05, 0) is 13.8 Å². The second-order valence-corrected chi connectivity index (χ2v) is 2.17. The minimum absolute atomic E-state index is 0.306. The minimum atomic E-state index is -1.83. The molecule has 3 nitrogen and oxygen atoms in total. The van der Waals surface area contributed by atoms with Gasteiger partial charge < -0.3 is 10.2 Å². The predicted octanol–water partition coefficient (Wildman–Crippen LogP) is 1.86.